The summed E-state index contributed by atoms with van der Waals surface area (Å²) in [7, 11) is 0. The third-order valence-corrected chi connectivity index (χ3v) is 2.48. The number of aryl methyl sites for hydroxylation is 1. The zero-order valence-electron chi connectivity index (χ0n) is 7.99. The number of hydrogen-bond donors (Lipinski definition) is 1. The molecule has 0 aliphatic rings. The molecule has 1 amide bonds. The standard InChI is InChI=1S/C9H11NO3S/c1-3-13-9(12)7(11)10-8-6(2)4-5-14-8/h4-5H,3H2,1-2H3,(H,10,11). The highest BCUT2D eigenvalue weighted by molar-refractivity contribution is 7.14. The predicted octanol–water partition coefficient (Wildman–Crippen LogP) is 1.56. The quantitative estimate of drug-likeness (QED) is 0.599. The van der Waals surface area contributed by atoms with Crippen LogP contribution in [0.5, 0.6) is 0 Å². The molecule has 76 valence electrons. The van der Waals surface area contributed by atoms with E-state index in [4.69, 9.17) is 0 Å². The molecule has 0 spiro atoms. The summed E-state index contributed by atoms with van der Waals surface area (Å²) in [5.41, 5.74) is 0.938. The summed E-state index contributed by atoms with van der Waals surface area (Å²) in [5.74, 6) is -1.57. The van der Waals surface area contributed by atoms with Crippen molar-refractivity contribution < 1.29 is 14.3 Å². The van der Waals surface area contributed by atoms with Crippen LogP contribution in [0.1, 0.15) is 12.5 Å². The number of ether oxygens (including phenoxy) is 1. The van der Waals surface area contributed by atoms with Gasteiger partial charge in [0.2, 0.25) is 0 Å². The van der Waals surface area contributed by atoms with Crippen LogP contribution in [0.3, 0.4) is 0 Å². The Morgan fingerprint density at radius 3 is 2.79 bits per heavy atom. The second kappa shape index (κ2) is 4.76. The summed E-state index contributed by atoms with van der Waals surface area (Å²) in [5, 5.41) is 5.01. The topological polar surface area (TPSA) is 55.4 Å². The lowest BCUT2D eigenvalue weighted by molar-refractivity contribution is -0.152. The van der Waals surface area contributed by atoms with Crippen molar-refractivity contribution in [3.05, 3.63) is 17.0 Å². The van der Waals surface area contributed by atoms with Crippen molar-refractivity contribution in [1.82, 2.24) is 0 Å². The molecule has 0 aliphatic heterocycles. The van der Waals surface area contributed by atoms with Crippen molar-refractivity contribution in [2.45, 2.75) is 13.8 Å². The zero-order chi connectivity index (χ0) is 10.6. The maximum absolute atomic E-state index is 11.2. The van der Waals surface area contributed by atoms with Crippen molar-refractivity contribution in [3.63, 3.8) is 0 Å². The molecule has 1 aromatic heterocycles. The summed E-state index contributed by atoms with van der Waals surface area (Å²) >= 11 is 1.37. The molecule has 0 fully saturated rings. The first-order chi connectivity index (χ1) is 6.65. The molecule has 0 aliphatic carbocycles. The number of anilines is 1. The molecule has 0 aromatic carbocycles. The first-order valence-corrected chi connectivity index (χ1v) is 5.05. The Labute approximate surface area is 85.9 Å². The minimum atomic E-state index is -0.847. The first kappa shape index (κ1) is 10.7. The van der Waals surface area contributed by atoms with Crippen LogP contribution in [-0.2, 0) is 14.3 Å². The number of esters is 1. The number of carbonyl (C=O) groups excluding carboxylic acids is 2. The Bertz CT molecular complexity index is 346. The molecule has 1 rings (SSSR count). The van der Waals surface area contributed by atoms with E-state index in [-0.39, 0.29) is 6.61 Å². The van der Waals surface area contributed by atoms with E-state index in [0.29, 0.717) is 5.00 Å². The van der Waals surface area contributed by atoms with Gasteiger partial charge in [0.1, 0.15) is 0 Å². The average molecular weight is 213 g/mol. The number of rotatable bonds is 2. The van der Waals surface area contributed by atoms with Crippen molar-refractivity contribution in [2.75, 3.05) is 11.9 Å². The molecule has 0 atom stereocenters. The maximum Gasteiger partial charge on any atom is 0.397 e. The van der Waals surface area contributed by atoms with Crippen molar-refractivity contribution >= 4 is 28.2 Å². The van der Waals surface area contributed by atoms with Crippen molar-refractivity contribution in [3.8, 4) is 0 Å². The van der Waals surface area contributed by atoms with Gasteiger partial charge in [-0.25, -0.2) is 4.79 Å². The lowest BCUT2D eigenvalue weighted by atomic mass is 10.3. The average Bonchev–Trinajstić information content (AvgIpc) is 2.52. The monoisotopic (exact) mass is 213 g/mol. The Morgan fingerprint density at radius 2 is 2.29 bits per heavy atom. The smallest absolute Gasteiger partial charge is 0.397 e. The second-order valence-electron chi connectivity index (χ2n) is 2.61. The molecule has 14 heavy (non-hydrogen) atoms. The van der Waals surface area contributed by atoms with Gasteiger partial charge in [-0.2, -0.15) is 0 Å². The SMILES string of the molecule is CCOC(=O)C(=O)Nc1sccc1C. The van der Waals surface area contributed by atoms with Gasteiger partial charge in [-0.1, -0.05) is 0 Å². The van der Waals surface area contributed by atoms with Gasteiger partial charge in [-0.05, 0) is 30.9 Å². The summed E-state index contributed by atoms with van der Waals surface area (Å²) in [6.07, 6.45) is 0. The van der Waals surface area contributed by atoms with Gasteiger partial charge < -0.3 is 10.1 Å². The summed E-state index contributed by atoms with van der Waals surface area (Å²) in [6, 6.07) is 1.87. The van der Waals surface area contributed by atoms with Gasteiger partial charge in [-0.15, -0.1) is 11.3 Å². The second-order valence-corrected chi connectivity index (χ2v) is 3.52. The van der Waals surface area contributed by atoms with Gasteiger partial charge >= 0.3 is 11.9 Å². The minimum absolute atomic E-state index is 0.204. The maximum atomic E-state index is 11.2. The fourth-order valence-electron chi connectivity index (χ4n) is 0.852. The van der Waals surface area contributed by atoms with Crippen LogP contribution in [0.4, 0.5) is 5.00 Å². The highest BCUT2D eigenvalue weighted by Crippen LogP contribution is 2.21. The highest BCUT2D eigenvalue weighted by Gasteiger charge is 2.15. The molecule has 4 nitrogen and oxygen atoms in total. The Balaban J connectivity index is 2.57. The number of thiophene rings is 1. The van der Waals surface area contributed by atoms with Crippen LogP contribution in [0.25, 0.3) is 0 Å². The Hall–Kier alpha value is -1.36. The molecule has 0 saturated carbocycles. The fourth-order valence-corrected chi connectivity index (χ4v) is 1.67. The summed E-state index contributed by atoms with van der Waals surface area (Å²) in [6.45, 7) is 3.72. The largest absolute Gasteiger partial charge is 0.459 e. The van der Waals surface area contributed by atoms with E-state index in [1.54, 1.807) is 6.92 Å². The molecular weight excluding hydrogens is 202 g/mol. The van der Waals surface area contributed by atoms with E-state index < -0.39 is 11.9 Å². The number of nitrogens with one attached hydrogen (secondary N) is 1. The summed E-state index contributed by atoms with van der Waals surface area (Å²) in [4.78, 5) is 22.1. The van der Waals surface area contributed by atoms with Gasteiger partial charge in [0.25, 0.3) is 0 Å². The van der Waals surface area contributed by atoms with E-state index in [0.717, 1.165) is 5.56 Å². The van der Waals surface area contributed by atoms with Gasteiger partial charge in [0.15, 0.2) is 0 Å². The third kappa shape index (κ3) is 2.56. The zero-order valence-corrected chi connectivity index (χ0v) is 8.81. The van der Waals surface area contributed by atoms with Crippen LogP contribution in [0.15, 0.2) is 11.4 Å². The predicted molar refractivity (Wildman–Crippen MR) is 54.3 cm³/mol. The van der Waals surface area contributed by atoms with Gasteiger partial charge in [0, 0.05) is 0 Å². The van der Waals surface area contributed by atoms with Crippen LogP contribution in [-0.4, -0.2) is 18.5 Å². The molecule has 0 radical (unpaired) electrons. The van der Waals surface area contributed by atoms with E-state index in [9.17, 15) is 9.59 Å². The lowest BCUT2D eigenvalue weighted by Crippen LogP contribution is -2.24. The molecule has 5 heteroatoms. The van der Waals surface area contributed by atoms with Gasteiger partial charge in [0.05, 0.1) is 11.6 Å². The molecule has 0 saturated heterocycles. The number of hydrogen-bond acceptors (Lipinski definition) is 4. The van der Waals surface area contributed by atoms with E-state index >= 15 is 0 Å². The van der Waals surface area contributed by atoms with Crippen molar-refractivity contribution in [1.29, 1.82) is 0 Å². The third-order valence-electron chi connectivity index (χ3n) is 1.55. The number of carbonyl (C=O) groups is 2. The number of amides is 1. The molecule has 1 N–H and O–H groups in total. The van der Waals surface area contributed by atoms with Crippen molar-refractivity contribution in [2.24, 2.45) is 0 Å². The Morgan fingerprint density at radius 1 is 1.57 bits per heavy atom. The van der Waals surface area contributed by atoms with Crippen LogP contribution >= 0.6 is 11.3 Å². The fraction of sp³-hybridized carbons (Fsp3) is 0.333. The molecule has 1 aromatic rings. The molecule has 0 unspecified atom stereocenters. The van der Waals surface area contributed by atoms with Crippen LogP contribution in [0, 0.1) is 6.92 Å². The molecule has 0 bridgehead atoms. The van der Waals surface area contributed by atoms with Crippen LogP contribution < -0.4 is 5.32 Å². The van der Waals surface area contributed by atoms with E-state index in [1.807, 2.05) is 18.4 Å². The Kier molecular flexibility index (Phi) is 3.64. The van der Waals surface area contributed by atoms with E-state index in [2.05, 4.69) is 10.1 Å². The summed E-state index contributed by atoms with van der Waals surface area (Å²) < 4.78 is 4.55. The first-order valence-electron chi connectivity index (χ1n) is 4.17. The lowest BCUT2D eigenvalue weighted by Gasteiger charge is -2.02. The molecular formula is C9H11NO3S. The minimum Gasteiger partial charge on any atom is -0.459 e. The highest BCUT2D eigenvalue weighted by atomic mass is 32.1. The van der Waals surface area contributed by atoms with Crippen LogP contribution in [0.2, 0.25) is 0 Å². The van der Waals surface area contributed by atoms with E-state index in [1.165, 1.54) is 11.3 Å². The molecule has 1 heterocycles. The normalized spacial score (nSPS) is 9.57. The van der Waals surface area contributed by atoms with Gasteiger partial charge in [-0.3, -0.25) is 4.79 Å².